The number of hydrogen-bond donors (Lipinski definition) is 1. The van der Waals surface area contributed by atoms with Gasteiger partial charge in [-0.3, -0.25) is 14.4 Å². The Kier molecular flexibility index (Phi) is 8.97. The Hall–Kier alpha value is -3.47. The Balaban J connectivity index is 0.00000103. The van der Waals surface area contributed by atoms with Crippen LogP contribution in [0, 0.1) is 5.92 Å². The van der Waals surface area contributed by atoms with Crippen LogP contribution in [0.4, 0.5) is 0 Å². The van der Waals surface area contributed by atoms with E-state index in [4.69, 9.17) is 19.4 Å². The normalized spacial score (nSPS) is 18.9. The number of likely N-dealkylation sites (tertiary alicyclic amines) is 1. The van der Waals surface area contributed by atoms with Crippen molar-refractivity contribution in [3.8, 4) is 6.01 Å². The summed E-state index contributed by atoms with van der Waals surface area (Å²) >= 11 is 0. The van der Waals surface area contributed by atoms with Gasteiger partial charge in [-0.1, -0.05) is 30.3 Å². The van der Waals surface area contributed by atoms with Gasteiger partial charge >= 0.3 is 6.01 Å². The molecule has 0 spiro atoms. The number of carbonyl (C=O) groups is 3. The van der Waals surface area contributed by atoms with Gasteiger partial charge in [0.1, 0.15) is 0 Å². The van der Waals surface area contributed by atoms with Crippen molar-refractivity contribution in [2.75, 3.05) is 46.5 Å². The molecule has 1 aromatic heterocycles. The quantitative estimate of drug-likeness (QED) is 0.652. The van der Waals surface area contributed by atoms with Crippen LogP contribution in [-0.4, -0.2) is 94.5 Å². The average molecular weight is 474 g/mol. The van der Waals surface area contributed by atoms with Gasteiger partial charge in [0, 0.05) is 33.2 Å². The number of benzene rings is 1. The molecule has 2 aliphatic heterocycles. The lowest BCUT2D eigenvalue weighted by molar-refractivity contribution is -0.138. The lowest BCUT2D eigenvalue weighted by Gasteiger charge is -2.34. The van der Waals surface area contributed by atoms with E-state index in [-0.39, 0.29) is 36.0 Å². The molecule has 2 saturated heterocycles. The number of carbonyl (C=O) groups excluding carboxylic acids is 2. The summed E-state index contributed by atoms with van der Waals surface area (Å²) in [7, 11) is 3.15. The average Bonchev–Trinajstić information content (AvgIpc) is 3.08. The number of piperidine rings is 1. The van der Waals surface area contributed by atoms with Crippen molar-refractivity contribution in [2.24, 2.45) is 13.0 Å². The second-order valence-electron chi connectivity index (χ2n) is 8.18. The largest absolute Gasteiger partial charge is 0.483 e. The highest BCUT2D eigenvalue weighted by Gasteiger charge is 2.34. The van der Waals surface area contributed by atoms with E-state index in [1.54, 1.807) is 11.9 Å². The molecule has 4 rings (SSSR count). The highest BCUT2D eigenvalue weighted by molar-refractivity contribution is 5.91. The maximum atomic E-state index is 13.2. The molecular formula is C23H31N5O6. The first-order valence-corrected chi connectivity index (χ1v) is 11.2. The summed E-state index contributed by atoms with van der Waals surface area (Å²) in [5.74, 6) is -0.0943. The second-order valence-corrected chi connectivity index (χ2v) is 8.18. The van der Waals surface area contributed by atoms with E-state index in [1.807, 2.05) is 11.0 Å². The third-order valence-corrected chi connectivity index (χ3v) is 6.08. The zero-order chi connectivity index (χ0) is 24.5. The van der Waals surface area contributed by atoms with E-state index in [0.717, 1.165) is 25.9 Å². The van der Waals surface area contributed by atoms with Crippen LogP contribution in [0.5, 0.6) is 6.01 Å². The Morgan fingerprint density at radius 3 is 2.44 bits per heavy atom. The van der Waals surface area contributed by atoms with Crippen LogP contribution in [-0.2, 0) is 21.4 Å². The fourth-order valence-corrected chi connectivity index (χ4v) is 4.34. The van der Waals surface area contributed by atoms with Crippen molar-refractivity contribution in [1.82, 2.24) is 24.6 Å². The summed E-state index contributed by atoms with van der Waals surface area (Å²) in [6, 6.07) is 10.7. The second kappa shape index (κ2) is 12.1. The van der Waals surface area contributed by atoms with Gasteiger partial charge in [0.2, 0.25) is 11.7 Å². The molecule has 0 bridgehead atoms. The standard InChI is InChI=1S/C22H29N5O4.CH2O2/c1-25-22(30-2)23-19(24-25)21(29)27-12-13-31-15-18(14-27)20(28)26-10-8-17(9-11-26)16-6-4-3-5-7-16;2-1-3/h3-7,17-18H,8-15H2,1-2H3;1H,(H,2,3). The number of methoxy groups -OCH3 is 1. The number of rotatable bonds is 4. The molecule has 2 fully saturated rings. The number of ether oxygens (including phenoxy) is 2. The van der Waals surface area contributed by atoms with Gasteiger partial charge in [0.25, 0.3) is 12.4 Å². The first-order valence-electron chi connectivity index (χ1n) is 11.2. The third-order valence-electron chi connectivity index (χ3n) is 6.08. The molecule has 3 heterocycles. The maximum absolute atomic E-state index is 13.2. The first kappa shape index (κ1) is 25.2. The lowest BCUT2D eigenvalue weighted by atomic mass is 9.89. The molecule has 1 unspecified atom stereocenters. The highest BCUT2D eigenvalue weighted by atomic mass is 16.5. The van der Waals surface area contributed by atoms with Gasteiger partial charge in [0.05, 0.1) is 26.2 Å². The molecule has 1 N–H and O–H groups in total. The molecule has 2 aliphatic rings. The van der Waals surface area contributed by atoms with E-state index in [1.165, 1.54) is 17.4 Å². The number of nitrogens with zero attached hydrogens (tertiary/aromatic N) is 5. The fourth-order valence-electron chi connectivity index (χ4n) is 4.34. The minimum absolute atomic E-state index is 0.0535. The fraction of sp³-hybridized carbons (Fsp3) is 0.522. The monoisotopic (exact) mass is 473 g/mol. The maximum Gasteiger partial charge on any atom is 0.314 e. The molecule has 0 saturated carbocycles. The predicted molar refractivity (Wildman–Crippen MR) is 121 cm³/mol. The molecule has 1 aromatic carbocycles. The molecule has 0 aliphatic carbocycles. The van der Waals surface area contributed by atoms with E-state index in [9.17, 15) is 9.59 Å². The zero-order valence-electron chi connectivity index (χ0n) is 19.5. The molecule has 11 nitrogen and oxygen atoms in total. The lowest BCUT2D eigenvalue weighted by Crippen LogP contribution is -2.46. The van der Waals surface area contributed by atoms with Crippen molar-refractivity contribution < 1.29 is 29.0 Å². The van der Waals surface area contributed by atoms with Crippen LogP contribution >= 0.6 is 0 Å². The topological polar surface area (TPSA) is 127 Å². The molecular weight excluding hydrogens is 442 g/mol. The van der Waals surface area contributed by atoms with Crippen molar-refractivity contribution >= 4 is 18.3 Å². The van der Waals surface area contributed by atoms with Gasteiger partial charge in [-0.15, -0.1) is 5.10 Å². The predicted octanol–water partition coefficient (Wildman–Crippen LogP) is 1.02. The van der Waals surface area contributed by atoms with Crippen LogP contribution in [0.15, 0.2) is 30.3 Å². The molecule has 1 atom stereocenters. The van der Waals surface area contributed by atoms with Crippen LogP contribution < -0.4 is 4.74 Å². The van der Waals surface area contributed by atoms with E-state index >= 15 is 0 Å². The number of carboxylic acid groups (broad SMARTS) is 1. The van der Waals surface area contributed by atoms with Gasteiger partial charge in [-0.2, -0.15) is 4.98 Å². The van der Waals surface area contributed by atoms with Gasteiger partial charge in [0.15, 0.2) is 0 Å². The number of amides is 2. The third kappa shape index (κ3) is 6.10. The summed E-state index contributed by atoms with van der Waals surface area (Å²) < 4.78 is 12.2. The van der Waals surface area contributed by atoms with Gasteiger partial charge in [-0.25, -0.2) is 4.68 Å². The smallest absolute Gasteiger partial charge is 0.314 e. The zero-order valence-corrected chi connectivity index (χ0v) is 19.5. The minimum Gasteiger partial charge on any atom is -0.483 e. The Labute approximate surface area is 198 Å². The summed E-state index contributed by atoms with van der Waals surface area (Å²) in [5.41, 5.74) is 1.34. The summed E-state index contributed by atoms with van der Waals surface area (Å²) in [6.07, 6.45) is 1.90. The van der Waals surface area contributed by atoms with Crippen molar-refractivity contribution in [3.05, 3.63) is 41.7 Å². The molecule has 11 heteroatoms. The van der Waals surface area contributed by atoms with Crippen LogP contribution in [0.25, 0.3) is 0 Å². The number of aryl methyl sites for hydroxylation is 1. The van der Waals surface area contributed by atoms with Crippen LogP contribution in [0.3, 0.4) is 0 Å². The van der Waals surface area contributed by atoms with Gasteiger partial charge in [-0.05, 0) is 24.3 Å². The van der Waals surface area contributed by atoms with E-state index < -0.39 is 0 Å². The Bertz CT molecular complexity index is 958. The molecule has 184 valence electrons. The Morgan fingerprint density at radius 1 is 1.15 bits per heavy atom. The molecule has 0 radical (unpaired) electrons. The SMILES string of the molecule is COc1nc(C(=O)N2CCOCC(C(=O)N3CCC(c4ccccc4)CC3)C2)nn1C.O=CO. The minimum atomic E-state index is -0.384. The summed E-state index contributed by atoms with van der Waals surface area (Å²) in [5, 5.41) is 11.0. The van der Waals surface area contributed by atoms with E-state index in [0.29, 0.717) is 32.2 Å². The summed E-state index contributed by atoms with van der Waals surface area (Å²) in [6.45, 7) is 2.61. The van der Waals surface area contributed by atoms with Crippen molar-refractivity contribution in [3.63, 3.8) is 0 Å². The van der Waals surface area contributed by atoms with Gasteiger partial charge < -0.3 is 24.4 Å². The van der Waals surface area contributed by atoms with Crippen molar-refractivity contribution in [1.29, 1.82) is 0 Å². The van der Waals surface area contributed by atoms with Crippen LogP contribution in [0.2, 0.25) is 0 Å². The first-order chi connectivity index (χ1) is 16.5. The molecule has 2 amide bonds. The number of aromatic nitrogens is 3. The highest BCUT2D eigenvalue weighted by Crippen LogP contribution is 2.28. The molecule has 2 aromatic rings. The Morgan fingerprint density at radius 2 is 1.82 bits per heavy atom. The van der Waals surface area contributed by atoms with E-state index in [2.05, 4.69) is 34.3 Å². The van der Waals surface area contributed by atoms with Crippen LogP contribution in [0.1, 0.15) is 34.9 Å². The summed E-state index contributed by atoms with van der Waals surface area (Å²) in [4.78, 5) is 42.2. The van der Waals surface area contributed by atoms with Crippen molar-refractivity contribution in [2.45, 2.75) is 18.8 Å². The molecule has 34 heavy (non-hydrogen) atoms. The number of hydrogen-bond acceptors (Lipinski definition) is 7.